The number of carbonyl (C=O) groups excluding carboxylic acids is 3. The lowest BCUT2D eigenvalue weighted by atomic mass is 10.0. The molecule has 0 fully saturated rings. The van der Waals surface area contributed by atoms with E-state index in [9.17, 15) is 14.4 Å². The molecule has 0 aromatic heterocycles. The van der Waals surface area contributed by atoms with Crippen molar-refractivity contribution in [2.45, 2.75) is 303 Å². The van der Waals surface area contributed by atoms with Gasteiger partial charge in [0.05, 0.1) is 0 Å². The van der Waals surface area contributed by atoms with Gasteiger partial charge < -0.3 is 14.2 Å². The smallest absolute Gasteiger partial charge is 0.306 e. The van der Waals surface area contributed by atoms with E-state index in [4.69, 9.17) is 14.2 Å². The van der Waals surface area contributed by atoms with Gasteiger partial charge in [-0.15, -0.1) is 0 Å². The largest absolute Gasteiger partial charge is 0.462 e. The summed E-state index contributed by atoms with van der Waals surface area (Å²) in [5.41, 5.74) is 0. The molecule has 0 aliphatic carbocycles. The maximum atomic E-state index is 12.8. The minimum Gasteiger partial charge on any atom is -0.462 e. The Morgan fingerprint density at radius 1 is 0.322 bits per heavy atom. The van der Waals surface area contributed by atoms with Crippen molar-refractivity contribution < 1.29 is 28.6 Å². The van der Waals surface area contributed by atoms with E-state index in [0.29, 0.717) is 19.3 Å². The standard InChI is InChI=1S/C53H102O6/c1-5-7-9-11-13-15-17-19-20-21-23-24-28-32-36-40-44-51(54)57-47-50(48-58-52(55)45-41-37-33-30-26-27-31-35-39-43-49(3)4)59-53(56)46-42-38-34-29-25-22-18-16-14-12-10-8-6-2/h49-50H,5-48H2,1-4H3/t50-/m0/s1. The average Bonchev–Trinajstić information content (AvgIpc) is 3.22. The number of hydrogen-bond donors (Lipinski definition) is 0. The van der Waals surface area contributed by atoms with Crippen LogP contribution >= 0.6 is 0 Å². The first-order valence-corrected chi connectivity index (χ1v) is 26.4. The molecule has 0 aliphatic rings. The Morgan fingerprint density at radius 2 is 0.559 bits per heavy atom. The fourth-order valence-corrected chi connectivity index (χ4v) is 8.04. The van der Waals surface area contributed by atoms with Crippen molar-refractivity contribution in [1.29, 1.82) is 0 Å². The van der Waals surface area contributed by atoms with Crippen molar-refractivity contribution >= 4 is 17.9 Å². The molecule has 0 saturated heterocycles. The molecule has 0 amide bonds. The molecule has 0 rings (SSSR count). The van der Waals surface area contributed by atoms with Gasteiger partial charge in [-0.1, -0.05) is 259 Å². The van der Waals surface area contributed by atoms with Crippen molar-refractivity contribution in [1.82, 2.24) is 0 Å². The summed E-state index contributed by atoms with van der Waals surface area (Å²) < 4.78 is 16.8. The zero-order chi connectivity index (χ0) is 43.1. The monoisotopic (exact) mass is 835 g/mol. The van der Waals surface area contributed by atoms with E-state index in [1.54, 1.807) is 0 Å². The first kappa shape index (κ1) is 57.4. The fraction of sp³-hybridized carbons (Fsp3) is 0.943. The summed E-state index contributed by atoms with van der Waals surface area (Å²) in [5, 5.41) is 0. The van der Waals surface area contributed by atoms with Crippen LogP contribution in [0.15, 0.2) is 0 Å². The van der Waals surface area contributed by atoms with E-state index in [2.05, 4.69) is 27.7 Å². The van der Waals surface area contributed by atoms with Gasteiger partial charge in [0.15, 0.2) is 6.10 Å². The van der Waals surface area contributed by atoms with Crippen molar-refractivity contribution in [2.24, 2.45) is 5.92 Å². The number of unbranched alkanes of at least 4 members (excludes halogenated alkanes) is 35. The van der Waals surface area contributed by atoms with E-state index < -0.39 is 6.10 Å². The second kappa shape index (κ2) is 47.5. The van der Waals surface area contributed by atoms with Gasteiger partial charge in [-0.05, 0) is 25.2 Å². The summed E-state index contributed by atoms with van der Waals surface area (Å²) in [6.45, 7) is 9.01. The first-order valence-electron chi connectivity index (χ1n) is 26.4. The average molecular weight is 835 g/mol. The maximum absolute atomic E-state index is 12.8. The van der Waals surface area contributed by atoms with Gasteiger partial charge in [-0.2, -0.15) is 0 Å². The second-order valence-corrected chi connectivity index (χ2v) is 18.6. The van der Waals surface area contributed by atoms with E-state index in [-0.39, 0.29) is 31.1 Å². The molecule has 59 heavy (non-hydrogen) atoms. The zero-order valence-electron chi connectivity index (χ0n) is 40.2. The highest BCUT2D eigenvalue weighted by atomic mass is 16.6. The molecule has 6 heteroatoms. The van der Waals surface area contributed by atoms with Crippen LogP contribution in [0.2, 0.25) is 0 Å². The molecule has 0 aromatic rings. The first-order chi connectivity index (χ1) is 28.9. The third-order valence-electron chi connectivity index (χ3n) is 12.0. The van der Waals surface area contributed by atoms with E-state index >= 15 is 0 Å². The fourth-order valence-electron chi connectivity index (χ4n) is 8.04. The van der Waals surface area contributed by atoms with E-state index in [1.165, 1.54) is 193 Å². The van der Waals surface area contributed by atoms with Crippen molar-refractivity contribution in [3.8, 4) is 0 Å². The molecule has 0 unspecified atom stereocenters. The summed E-state index contributed by atoms with van der Waals surface area (Å²) in [4.78, 5) is 37.9. The number of esters is 3. The number of carbonyl (C=O) groups is 3. The SMILES string of the molecule is CCCCCCCCCCCCCCCCCCC(=O)OC[C@@H](COC(=O)CCCCCCCCCCCC(C)C)OC(=O)CCCCCCCCCCCCCCC. The Kier molecular flexibility index (Phi) is 46.2. The summed E-state index contributed by atoms with van der Waals surface area (Å²) in [7, 11) is 0. The molecule has 6 nitrogen and oxygen atoms in total. The Morgan fingerprint density at radius 3 is 0.831 bits per heavy atom. The maximum Gasteiger partial charge on any atom is 0.306 e. The molecule has 0 bridgehead atoms. The third kappa shape index (κ3) is 47.3. The predicted molar refractivity (Wildman–Crippen MR) is 252 cm³/mol. The molecule has 0 N–H and O–H groups in total. The second-order valence-electron chi connectivity index (χ2n) is 18.6. The van der Waals surface area contributed by atoms with Crippen LogP contribution in [-0.2, 0) is 28.6 Å². The van der Waals surface area contributed by atoms with Gasteiger partial charge in [0.2, 0.25) is 0 Å². The van der Waals surface area contributed by atoms with Gasteiger partial charge in [-0.25, -0.2) is 0 Å². The lowest BCUT2D eigenvalue weighted by molar-refractivity contribution is -0.167. The van der Waals surface area contributed by atoms with Crippen LogP contribution in [-0.4, -0.2) is 37.2 Å². The highest BCUT2D eigenvalue weighted by Gasteiger charge is 2.19. The van der Waals surface area contributed by atoms with E-state index in [1.807, 2.05) is 0 Å². The van der Waals surface area contributed by atoms with Gasteiger partial charge in [-0.3, -0.25) is 14.4 Å². The summed E-state index contributed by atoms with van der Waals surface area (Å²) in [6, 6.07) is 0. The molecular formula is C53H102O6. The minimum atomic E-state index is -0.760. The quantitative estimate of drug-likeness (QED) is 0.0345. The molecule has 350 valence electrons. The molecular weight excluding hydrogens is 733 g/mol. The Bertz CT molecular complexity index is 887. The van der Waals surface area contributed by atoms with Crippen molar-refractivity contribution in [3.05, 3.63) is 0 Å². The van der Waals surface area contributed by atoms with Crippen LogP contribution in [0.25, 0.3) is 0 Å². The molecule has 0 spiro atoms. The Hall–Kier alpha value is -1.59. The normalized spacial score (nSPS) is 11.9. The van der Waals surface area contributed by atoms with Crippen molar-refractivity contribution in [2.75, 3.05) is 13.2 Å². The highest BCUT2D eigenvalue weighted by molar-refractivity contribution is 5.71. The van der Waals surface area contributed by atoms with Crippen LogP contribution in [0, 0.1) is 5.92 Å². The van der Waals surface area contributed by atoms with E-state index in [0.717, 1.165) is 63.7 Å². The third-order valence-corrected chi connectivity index (χ3v) is 12.0. The van der Waals surface area contributed by atoms with Crippen LogP contribution in [0.3, 0.4) is 0 Å². The topological polar surface area (TPSA) is 78.9 Å². The molecule has 0 aromatic carbocycles. The number of hydrogen-bond acceptors (Lipinski definition) is 6. The summed E-state index contributed by atoms with van der Waals surface area (Å²) >= 11 is 0. The Balaban J connectivity index is 4.29. The predicted octanol–water partition coefficient (Wildman–Crippen LogP) is 17.1. The highest BCUT2D eigenvalue weighted by Crippen LogP contribution is 2.17. The molecule has 0 saturated carbocycles. The molecule has 0 radical (unpaired) electrons. The zero-order valence-corrected chi connectivity index (χ0v) is 40.2. The van der Waals surface area contributed by atoms with Crippen LogP contribution in [0.1, 0.15) is 297 Å². The lowest BCUT2D eigenvalue weighted by Gasteiger charge is -2.18. The number of ether oxygens (including phenoxy) is 3. The number of rotatable bonds is 48. The Labute approximate surface area is 368 Å². The van der Waals surface area contributed by atoms with Crippen molar-refractivity contribution in [3.63, 3.8) is 0 Å². The lowest BCUT2D eigenvalue weighted by Crippen LogP contribution is -2.30. The van der Waals surface area contributed by atoms with Gasteiger partial charge in [0, 0.05) is 19.3 Å². The van der Waals surface area contributed by atoms with Gasteiger partial charge >= 0.3 is 17.9 Å². The van der Waals surface area contributed by atoms with Gasteiger partial charge in [0.1, 0.15) is 13.2 Å². The van der Waals surface area contributed by atoms with Gasteiger partial charge in [0.25, 0.3) is 0 Å². The summed E-state index contributed by atoms with van der Waals surface area (Å²) in [6.07, 6.45) is 49.4. The molecule has 0 heterocycles. The van der Waals surface area contributed by atoms with Crippen LogP contribution < -0.4 is 0 Å². The van der Waals surface area contributed by atoms with Crippen LogP contribution in [0.4, 0.5) is 0 Å². The summed E-state index contributed by atoms with van der Waals surface area (Å²) in [5.74, 6) is -0.0351. The molecule has 1 atom stereocenters. The minimum absolute atomic E-state index is 0.0627. The molecule has 0 aliphatic heterocycles. The van der Waals surface area contributed by atoms with Crippen LogP contribution in [0.5, 0.6) is 0 Å².